The van der Waals surface area contributed by atoms with E-state index in [1.165, 1.54) is 6.92 Å². The topological polar surface area (TPSA) is 109 Å². The molecule has 8 nitrogen and oxygen atoms in total. The standard InChI is InChI=1S/C17H22N4O4/c1-9-8-12(15-10(2)20-25-16(15)18-9)17(24)21-6-4-13(19-11(3)22)14(23)5-7-21/h8,13-14,23H,4-7H2,1-3H3,(H,19,22)/t13-,14-/m0/s1. The fraction of sp³-hybridized carbons (Fsp3) is 0.529. The number of likely N-dealkylation sites (tertiary alicyclic amines) is 1. The third-order valence-corrected chi connectivity index (χ3v) is 4.52. The molecule has 1 fully saturated rings. The van der Waals surface area contributed by atoms with Gasteiger partial charge in [0, 0.05) is 25.7 Å². The van der Waals surface area contributed by atoms with Crippen LogP contribution in [0.3, 0.4) is 0 Å². The molecule has 1 aliphatic rings. The second kappa shape index (κ2) is 6.79. The molecule has 1 saturated heterocycles. The molecule has 0 saturated carbocycles. The molecule has 3 heterocycles. The van der Waals surface area contributed by atoms with Gasteiger partial charge in [-0.25, -0.2) is 4.98 Å². The molecule has 2 aromatic heterocycles. The average molecular weight is 346 g/mol. The van der Waals surface area contributed by atoms with E-state index in [1.54, 1.807) is 24.8 Å². The molecule has 2 N–H and O–H groups in total. The first-order chi connectivity index (χ1) is 11.9. The van der Waals surface area contributed by atoms with Crippen LogP contribution in [0.2, 0.25) is 0 Å². The van der Waals surface area contributed by atoms with Gasteiger partial charge in [-0.2, -0.15) is 0 Å². The van der Waals surface area contributed by atoms with Gasteiger partial charge in [-0.05, 0) is 32.8 Å². The van der Waals surface area contributed by atoms with Crippen LogP contribution in [0.5, 0.6) is 0 Å². The van der Waals surface area contributed by atoms with Crippen molar-refractivity contribution in [2.75, 3.05) is 13.1 Å². The zero-order valence-corrected chi connectivity index (χ0v) is 14.6. The van der Waals surface area contributed by atoms with Crippen LogP contribution >= 0.6 is 0 Å². The second-order valence-corrected chi connectivity index (χ2v) is 6.50. The monoisotopic (exact) mass is 346 g/mol. The minimum absolute atomic E-state index is 0.141. The molecule has 0 bridgehead atoms. The number of aliphatic hydroxyl groups is 1. The number of fused-ring (bicyclic) bond motifs is 1. The number of aryl methyl sites for hydroxylation is 2. The first-order valence-corrected chi connectivity index (χ1v) is 8.35. The lowest BCUT2D eigenvalue weighted by atomic mass is 10.1. The molecule has 134 valence electrons. The third kappa shape index (κ3) is 3.48. The summed E-state index contributed by atoms with van der Waals surface area (Å²) in [4.78, 5) is 30.3. The summed E-state index contributed by atoms with van der Waals surface area (Å²) in [6, 6.07) is 1.40. The highest BCUT2D eigenvalue weighted by molar-refractivity contribution is 6.06. The highest BCUT2D eigenvalue weighted by Gasteiger charge is 2.29. The van der Waals surface area contributed by atoms with Crippen molar-refractivity contribution >= 4 is 22.9 Å². The van der Waals surface area contributed by atoms with Crippen LogP contribution in [0.25, 0.3) is 11.1 Å². The molecule has 1 aliphatic heterocycles. The Kier molecular flexibility index (Phi) is 4.71. The van der Waals surface area contributed by atoms with Crippen LogP contribution in [0, 0.1) is 13.8 Å². The molecule has 3 rings (SSSR count). The number of aliphatic hydroxyl groups excluding tert-OH is 1. The third-order valence-electron chi connectivity index (χ3n) is 4.52. The number of amides is 2. The van der Waals surface area contributed by atoms with Gasteiger partial charge >= 0.3 is 0 Å². The van der Waals surface area contributed by atoms with Crippen LogP contribution in [-0.2, 0) is 4.79 Å². The maximum absolute atomic E-state index is 13.1. The number of hydrogen-bond acceptors (Lipinski definition) is 6. The Morgan fingerprint density at radius 2 is 2.04 bits per heavy atom. The zero-order chi connectivity index (χ0) is 18.1. The Labute approximate surface area is 145 Å². The van der Waals surface area contributed by atoms with E-state index in [-0.39, 0.29) is 17.9 Å². The van der Waals surface area contributed by atoms with Crippen molar-refractivity contribution in [1.82, 2.24) is 20.4 Å². The summed E-state index contributed by atoms with van der Waals surface area (Å²) in [6.45, 7) is 5.87. The lowest BCUT2D eigenvalue weighted by Gasteiger charge is -2.21. The van der Waals surface area contributed by atoms with Gasteiger partial charge < -0.3 is 19.8 Å². The average Bonchev–Trinajstić information content (AvgIpc) is 2.82. The molecule has 2 amide bonds. The van der Waals surface area contributed by atoms with Crippen LogP contribution < -0.4 is 5.32 Å². The molecule has 8 heteroatoms. The van der Waals surface area contributed by atoms with E-state index in [0.29, 0.717) is 54.0 Å². The maximum atomic E-state index is 13.1. The largest absolute Gasteiger partial charge is 0.391 e. The molecule has 2 atom stereocenters. The van der Waals surface area contributed by atoms with Gasteiger partial charge in [-0.15, -0.1) is 0 Å². The fourth-order valence-electron chi connectivity index (χ4n) is 3.28. The number of carbonyl (C=O) groups excluding carboxylic acids is 2. The van der Waals surface area contributed by atoms with E-state index in [9.17, 15) is 14.7 Å². The fourth-order valence-corrected chi connectivity index (χ4v) is 3.28. The smallest absolute Gasteiger partial charge is 0.258 e. The van der Waals surface area contributed by atoms with Crippen LogP contribution in [0.1, 0.15) is 41.5 Å². The Bertz CT molecular complexity index is 816. The van der Waals surface area contributed by atoms with E-state index >= 15 is 0 Å². The number of aromatic nitrogens is 2. The van der Waals surface area contributed by atoms with Crippen molar-refractivity contribution < 1.29 is 19.2 Å². The van der Waals surface area contributed by atoms with Gasteiger partial charge in [0.25, 0.3) is 11.6 Å². The van der Waals surface area contributed by atoms with E-state index in [0.717, 1.165) is 0 Å². The highest BCUT2D eigenvalue weighted by Crippen LogP contribution is 2.24. The number of pyridine rings is 1. The lowest BCUT2D eigenvalue weighted by molar-refractivity contribution is -0.120. The van der Waals surface area contributed by atoms with Crippen molar-refractivity contribution in [3.63, 3.8) is 0 Å². The summed E-state index contributed by atoms with van der Waals surface area (Å²) in [7, 11) is 0. The van der Waals surface area contributed by atoms with Crippen LogP contribution in [-0.4, -0.2) is 57.2 Å². The summed E-state index contributed by atoms with van der Waals surface area (Å²) >= 11 is 0. The van der Waals surface area contributed by atoms with E-state index < -0.39 is 6.10 Å². The molecule has 25 heavy (non-hydrogen) atoms. The minimum Gasteiger partial charge on any atom is -0.391 e. The van der Waals surface area contributed by atoms with Gasteiger partial charge in [0.05, 0.1) is 28.8 Å². The van der Waals surface area contributed by atoms with E-state index in [1.807, 2.05) is 0 Å². The predicted octanol–water partition coefficient (Wildman–Crippen LogP) is 0.941. The molecule has 0 unspecified atom stereocenters. The second-order valence-electron chi connectivity index (χ2n) is 6.50. The Balaban J connectivity index is 1.86. The van der Waals surface area contributed by atoms with Crippen molar-refractivity contribution in [2.45, 2.75) is 45.8 Å². The summed E-state index contributed by atoms with van der Waals surface area (Å²) in [6.07, 6.45) is 0.243. The van der Waals surface area contributed by atoms with Crippen molar-refractivity contribution in [2.24, 2.45) is 0 Å². The number of nitrogens with zero attached hydrogens (tertiary/aromatic N) is 3. The van der Waals surface area contributed by atoms with Gasteiger partial charge in [-0.1, -0.05) is 5.16 Å². The molecular formula is C17H22N4O4. The Morgan fingerprint density at radius 3 is 2.76 bits per heavy atom. The first kappa shape index (κ1) is 17.3. The van der Waals surface area contributed by atoms with Crippen molar-refractivity contribution in [1.29, 1.82) is 0 Å². The van der Waals surface area contributed by atoms with Crippen LogP contribution in [0.15, 0.2) is 10.6 Å². The lowest BCUT2D eigenvalue weighted by Crippen LogP contribution is -2.42. The van der Waals surface area contributed by atoms with E-state index in [2.05, 4.69) is 15.5 Å². The number of nitrogens with one attached hydrogen (secondary N) is 1. The van der Waals surface area contributed by atoms with Gasteiger partial charge in [0.1, 0.15) is 0 Å². The maximum Gasteiger partial charge on any atom is 0.258 e. The predicted molar refractivity (Wildman–Crippen MR) is 90.0 cm³/mol. The summed E-state index contributed by atoms with van der Waals surface area (Å²) in [5.41, 5.74) is 2.16. The highest BCUT2D eigenvalue weighted by atomic mass is 16.5. The number of carbonyl (C=O) groups is 2. The molecule has 0 aromatic carbocycles. The SMILES string of the molecule is CC(=O)N[C@H]1CCN(C(=O)c2cc(C)nc3onc(C)c23)CC[C@@H]1O. The Morgan fingerprint density at radius 1 is 1.32 bits per heavy atom. The molecule has 0 radical (unpaired) electrons. The van der Waals surface area contributed by atoms with Gasteiger partial charge in [0.2, 0.25) is 5.91 Å². The molecule has 0 spiro atoms. The quantitative estimate of drug-likeness (QED) is 0.838. The molecule has 2 aromatic rings. The van der Waals surface area contributed by atoms with E-state index in [4.69, 9.17) is 4.52 Å². The van der Waals surface area contributed by atoms with Crippen LogP contribution in [0.4, 0.5) is 0 Å². The minimum atomic E-state index is -0.668. The number of hydrogen-bond donors (Lipinski definition) is 2. The van der Waals surface area contributed by atoms with Crippen molar-refractivity contribution in [3.8, 4) is 0 Å². The summed E-state index contributed by atoms with van der Waals surface area (Å²) < 4.78 is 5.19. The summed E-state index contributed by atoms with van der Waals surface area (Å²) in [5.74, 6) is -0.326. The normalized spacial score (nSPS) is 21.2. The number of rotatable bonds is 2. The summed E-state index contributed by atoms with van der Waals surface area (Å²) in [5, 5.41) is 17.5. The zero-order valence-electron chi connectivity index (χ0n) is 14.6. The van der Waals surface area contributed by atoms with Gasteiger partial charge in [0.15, 0.2) is 0 Å². The first-order valence-electron chi connectivity index (χ1n) is 8.35. The molecular weight excluding hydrogens is 324 g/mol. The Hall–Kier alpha value is -2.48. The molecule has 0 aliphatic carbocycles. The van der Waals surface area contributed by atoms with Crippen molar-refractivity contribution in [3.05, 3.63) is 23.0 Å². The van der Waals surface area contributed by atoms with Gasteiger partial charge in [-0.3, -0.25) is 9.59 Å².